The van der Waals surface area contributed by atoms with Gasteiger partial charge in [-0.15, -0.1) is 0 Å². The Labute approximate surface area is 149 Å². The molecule has 1 aromatic rings. The Bertz CT molecular complexity index is 542. The quantitative estimate of drug-likeness (QED) is 0.478. The van der Waals surface area contributed by atoms with Crippen molar-refractivity contribution >= 4 is 0 Å². The second kappa shape index (κ2) is 7.94. The van der Waals surface area contributed by atoms with Crippen LogP contribution in [0.1, 0.15) is 39.0 Å². The van der Waals surface area contributed by atoms with E-state index in [0.717, 1.165) is 44.0 Å². The van der Waals surface area contributed by atoms with E-state index >= 15 is 0 Å². The third-order valence-electron chi connectivity index (χ3n) is 5.08. The Morgan fingerprint density at radius 3 is 2.60 bits per heavy atom. The van der Waals surface area contributed by atoms with Crippen LogP contribution in [0.3, 0.4) is 0 Å². The van der Waals surface area contributed by atoms with Crippen LogP contribution in [0.5, 0.6) is 11.5 Å². The van der Waals surface area contributed by atoms with E-state index in [0.29, 0.717) is 24.7 Å². The first-order valence-electron chi connectivity index (χ1n) is 9.58. The van der Waals surface area contributed by atoms with Crippen LogP contribution in [0.25, 0.3) is 0 Å². The molecule has 4 rings (SSSR count). The Morgan fingerprint density at radius 1 is 1.08 bits per heavy atom. The largest absolute Gasteiger partial charge is 0.493 e. The van der Waals surface area contributed by atoms with Gasteiger partial charge in [-0.25, -0.2) is 0 Å². The SMILES string of the molecule is CCCC(OCC1CO1)Oc1ccc(OCC2CCC3OC3C2)cc1. The van der Waals surface area contributed by atoms with Gasteiger partial charge in [-0.3, -0.25) is 0 Å². The minimum atomic E-state index is -0.213. The molecule has 0 bridgehead atoms. The number of hydrogen-bond donors (Lipinski definition) is 0. The molecule has 5 unspecified atom stereocenters. The van der Waals surface area contributed by atoms with Crippen molar-refractivity contribution in [2.45, 2.75) is 63.6 Å². The van der Waals surface area contributed by atoms with Crippen molar-refractivity contribution in [2.75, 3.05) is 19.8 Å². The summed E-state index contributed by atoms with van der Waals surface area (Å²) in [7, 11) is 0. The zero-order valence-corrected chi connectivity index (χ0v) is 14.9. The Balaban J connectivity index is 1.22. The van der Waals surface area contributed by atoms with Gasteiger partial charge in [-0.05, 0) is 49.4 Å². The van der Waals surface area contributed by atoms with Crippen molar-refractivity contribution in [1.82, 2.24) is 0 Å². The van der Waals surface area contributed by atoms with E-state index in [1.54, 1.807) is 0 Å². The third-order valence-corrected chi connectivity index (χ3v) is 5.08. The standard InChI is InChI=1S/C20H28O5/c1-2-3-20(23-13-17-12-22-17)24-16-7-5-15(6-8-16)21-11-14-4-9-18-19(10-14)25-18/h5-8,14,17-20H,2-4,9-13H2,1H3. The molecule has 2 saturated heterocycles. The molecule has 2 heterocycles. The molecule has 1 aliphatic carbocycles. The third kappa shape index (κ3) is 5.09. The highest BCUT2D eigenvalue weighted by atomic mass is 16.7. The molecule has 25 heavy (non-hydrogen) atoms. The predicted molar refractivity (Wildman–Crippen MR) is 93.0 cm³/mol. The fourth-order valence-electron chi connectivity index (χ4n) is 3.41. The lowest BCUT2D eigenvalue weighted by Gasteiger charge is -2.20. The Hall–Kier alpha value is -1.30. The highest BCUT2D eigenvalue weighted by Gasteiger charge is 2.43. The second-order valence-corrected chi connectivity index (χ2v) is 7.30. The van der Waals surface area contributed by atoms with Crippen molar-refractivity contribution in [3.05, 3.63) is 24.3 Å². The van der Waals surface area contributed by atoms with Gasteiger partial charge in [0.05, 0.1) is 32.0 Å². The van der Waals surface area contributed by atoms with E-state index in [1.165, 1.54) is 12.8 Å². The fraction of sp³-hybridized carbons (Fsp3) is 0.700. The van der Waals surface area contributed by atoms with E-state index in [4.69, 9.17) is 23.7 Å². The highest BCUT2D eigenvalue weighted by molar-refractivity contribution is 5.31. The zero-order chi connectivity index (χ0) is 17.1. The van der Waals surface area contributed by atoms with Gasteiger partial charge in [0.2, 0.25) is 0 Å². The molecule has 0 N–H and O–H groups in total. The van der Waals surface area contributed by atoms with Crippen LogP contribution in [-0.2, 0) is 14.2 Å². The first-order valence-corrected chi connectivity index (χ1v) is 9.58. The maximum absolute atomic E-state index is 5.95. The minimum Gasteiger partial charge on any atom is -0.493 e. The smallest absolute Gasteiger partial charge is 0.199 e. The first-order chi connectivity index (χ1) is 12.3. The van der Waals surface area contributed by atoms with Crippen molar-refractivity contribution < 1.29 is 23.7 Å². The van der Waals surface area contributed by atoms with E-state index < -0.39 is 0 Å². The van der Waals surface area contributed by atoms with Gasteiger partial charge in [-0.1, -0.05) is 13.3 Å². The normalized spacial score (nSPS) is 31.1. The average molecular weight is 348 g/mol. The second-order valence-electron chi connectivity index (χ2n) is 7.30. The number of epoxide rings is 2. The summed E-state index contributed by atoms with van der Waals surface area (Å²) < 4.78 is 28.5. The van der Waals surface area contributed by atoms with Crippen molar-refractivity contribution in [3.8, 4) is 11.5 Å². The van der Waals surface area contributed by atoms with Crippen LogP contribution in [-0.4, -0.2) is 44.4 Å². The van der Waals surface area contributed by atoms with Crippen LogP contribution >= 0.6 is 0 Å². The van der Waals surface area contributed by atoms with Crippen LogP contribution in [0.2, 0.25) is 0 Å². The van der Waals surface area contributed by atoms with Crippen LogP contribution in [0.15, 0.2) is 24.3 Å². The highest BCUT2D eigenvalue weighted by Crippen LogP contribution is 2.39. The molecule has 3 fully saturated rings. The molecule has 138 valence electrons. The molecular weight excluding hydrogens is 320 g/mol. The summed E-state index contributed by atoms with van der Waals surface area (Å²) in [6, 6.07) is 7.86. The molecule has 3 aliphatic rings. The van der Waals surface area contributed by atoms with Crippen molar-refractivity contribution in [3.63, 3.8) is 0 Å². The summed E-state index contributed by atoms with van der Waals surface area (Å²) in [4.78, 5) is 0. The van der Waals surface area contributed by atoms with Gasteiger partial charge >= 0.3 is 0 Å². The Kier molecular flexibility index (Phi) is 5.44. The molecule has 0 spiro atoms. The summed E-state index contributed by atoms with van der Waals surface area (Å²) >= 11 is 0. The van der Waals surface area contributed by atoms with Gasteiger partial charge in [-0.2, -0.15) is 0 Å². The van der Waals surface area contributed by atoms with Crippen molar-refractivity contribution in [1.29, 1.82) is 0 Å². The molecule has 1 saturated carbocycles. The molecule has 0 amide bonds. The van der Waals surface area contributed by atoms with Crippen LogP contribution < -0.4 is 9.47 Å². The van der Waals surface area contributed by atoms with Gasteiger partial charge in [0.1, 0.15) is 17.6 Å². The molecule has 5 atom stereocenters. The predicted octanol–water partition coefficient (Wildman–Crippen LogP) is 3.55. The van der Waals surface area contributed by atoms with Gasteiger partial charge in [0, 0.05) is 6.42 Å². The summed E-state index contributed by atoms with van der Waals surface area (Å²) in [5.74, 6) is 2.33. The summed E-state index contributed by atoms with van der Waals surface area (Å²) in [6.07, 6.45) is 6.55. The number of hydrogen-bond acceptors (Lipinski definition) is 5. The van der Waals surface area contributed by atoms with E-state index in [9.17, 15) is 0 Å². The zero-order valence-electron chi connectivity index (χ0n) is 14.9. The van der Waals surface area contributed by atoms with Gasteiger partial charge in [0.15, 0.2) is 6.29 Å². The minimum absolute atomic E-state index is 0.213. The number of rotatable bonds is 10. The number of fused-ring (bicyclic) bond motifs is 1. The Morgan fingerprint density at radius 2 is 1.88 bits per heavy atom. The molecular formula is C20H28O5. The maximum atomic E-state index is 5.95. The maximum Gasteiger partial charge on any atom is 0.199 e. The summed E-state index contributed by atoms with van der Waals surface area (Å²) in [5, 5.41) is 0. The average Bonchev–Trinajstić information content (AvgIpc) is 3.54. The molecule has 1 aromatic carbocycles. The fourth-order valence-corrected chi connectivity index (χ4v) is 3.41. The number of ether oxygens (including phenoxy) is 5. The monoisotopic (exact) mass is 348 g/mol. The lowest BCUT2D eigenvalue weighted by molar-refractivity contribution is -0.0885. The van der Waals surface area contributed by atoms with E-state index in [2.05, 4.69) is 6.92 Å². The summed E-state index contributed by atoms with van der Waals surface area (Å²) in [6.45, 7) is 4.32. The van der Waals surface area contributed by atoms with Crippen molar-refractivity contribution in [2.24, 2.45) is 5.92 Å². The lowest BCUT2D eigenvalue weighted by Crippen LogP contribution is -2.22. The molecule has 0 radical (unpaired) electrons. The first kappa shape index (κ1) is 17.1. The summed E-state index contributed by atoms with van der Waals surface area (Å²) in [5.41, 5.74) is 0. The van der Waals surface area contributed by atoms with Gasteiger partial charge in [0.25, 0.3) is 0 Å². The molecule has 0 aromatic heterocycles. The molecule has 2 aliphatic heterocycles. The van der Waals surface area contributed by atoms with Gasteiger partial charge < -0.3 is 23.7 Å². The van der Waals surface area contributed by atoms with Crippen LogP contribution in [0, 0.1) is 5.92 Å². The molecule has 5 nitrogen and oxygen atoms in total. The van der Waals surface area contributed by atoms with E-state index in [1.807, 2.05) is 24.3 Å². The van der Waals surface area contributed by atoms with Crippen LogP contribution in [0.4, 0.5) is 0 Å². The molecule has 5 heteroatoms. The van der Waals surface area contributed by atoms with E-state index in [-0.39, 0.29) is 12.4 Å². The lowest BCUT2D eigenvalue weighted by atomic mass is 9.90. The topological polar surface area (TPSA) is 52.8 Å². The number of benzene rings is 1.